The van der Waals surface area contributed by atoms with Crippen molar-refractivity contribution in [1.29, 1.82) is 0 Å². The van der Waals surface area contributed by atoms with Gasteiger partial charge < -0.3 is 9.64 Å². The fourth-order valence-corrected chi connectivity index (χ4v) is 7.08. The van der Waals surface area contributed by atoms with Gasteiger partial charge in [0.1, 0.15) is 5.78 Å². The van der Waals surface area contributed by atoms with E-state index in [1.54, 1.807) is 6.92 Å². The minimum absolute atomic E-state index is 0.0955. The first-order chi connectivity index (χ1) is 11.6. The van der Waals surface area contributed by atoms with Crippen LogP contribution in [0.25, 0.3) is 0 Å². The lowest BCUT2D eigenvalue weighted by Gasteiger charge is -2.39. The van der Waals surface area contributed by atoms with Gasteiger partial charge in [0, 0.05) is 38.0 Å². The molecule has 7 nitrogen and oxygen atoms in total. The maximum Gasteiger partial charge on any atom is 0.409 e. The fraction of sp³-hybridized carbons (Fsp3) is 0.882. The number of Topliss-reactive ketones (excluding diaryl/α,β-unsaturated/α-hetero) is 1. The summed E-state index contributed by atoms with van der Waals surface area (Å²) in [6.07, 6.45) is 1.72. The number of fused-ring (bicyclic) bond motifs is 2. The molecular formula is C17H28N2O5S. The van der Waals surface area contributed by atoms with Crippen molar-refractivity contribution in [3.8, 4) is 0 Å². The Morgan fingerprint density at radius 2 is 1.88 bits per heavy atom. The standard InChI is InChI=1S/C17H28N2O5S/c1-4-24-15(21)18-7-9-19(10-8-18)25(22,23)12-17-6-5-13(11-14(17)20)16(17,2)3/h13H,4-12H2,1-3H3/t13-,17-/m1/s1. The van der Waals surface area contributed by atoms with Gasteiger partial charge in [-0.05, 0) is 31.1 Å². The molecule has 1 heterocycles. The van der Waals surface area contributed by atoms with Crippen LogP contribution in [0.2, 0.25) is 0 Å². The molecule has 8 heteroatoms. The summed E-state index contributed by atoms with van der Waals surface area (Å²) in [4.78, 5) is 25.9. The number of nitrogens with zero attached hydrogens (tertiary/aromatic N) is 2. The molecule has 0 aromatic heterocycles. The van der Waals surface area contributed by atoms with Crippen LogP contribution in [0.15, 0.2) is 0 Å². The molecule has 0 N–H and O–H groups in total. The molecule has 1 aliphatic heterocycles. The van der Waals surface area contributed by atoms with Crippen molar-refractivity contribution in [3.63, 3.8) is 0 Å². The molecule has 1 saturated heterocycles. The van der Waals surface area contributed by atoms with Gasteiger partial charge in [-0.1, -0.05) is 13.8 Å². The van der Waals surface area contributed by atoms with Crippen LogP contribution in [-0.4, -0.2) is 68.0 Å². The number of piperazine rings is 1. The smallest absolute Gasteiger partial charge is 0.409 e. The van der Waals surface area contributed by atoms with Gasteiger partial charge in [0.15, 0.2) is 0 Å². The number of hydrogen-bond donors (Lipinski definition) is 0. The molecule has 2 bridgehead atoms. The lowest BCUT2D eigenvalue weighted by Crippen LogP contribution is -2.53. The first-order valence-electron chi connectivity index (χ1n) is 9.07. The van der Waals surface area contributed by atoms with Gasteiger partial charge in [-0.3, -0.25) is 4.79 Å². The highest BCUT2D eigenvalue weighted by Crippen LogP contribution is 2.64. The van der Waals surface area contributed by atoms with E-state index in [1.807, 2.05) is 13.8 Å². The molecule has 0 aromatic carbocycles. The van der Waals surface area contributed by atoms with Gasteiger partial charge in [0.05, 0.1) is 12.4 Å². The normalized spacial score (nSPS) is 32.2. The van der Waals surface area contributed by atoms with Crippen molar-refractivity contribution in [2.45, 2.75) is 40.0 Å². The molecule has 3 fully saturated rings. The number of ether oxygens (including phenoxy) is 1. The first kappa shape index (κ1) is 18.6. The van der Waals surface area contributed by atoms with Gasteiger partial charge in [0.25, 0.3) is 0 Å². The van der Waals surface area contributed by atoms with Crippen LogP contribution < -0.4 is 0 Å². The van der Waals surface area contributed by atoms with Gasteiger partial charge in [-0.2, -0.15) is 4.31 Å². The third-order valence-electron chi connectivity index (χ3n) is 6.73. The van der Waals surface area contributed by atoms with E-state index in [4.69, 9.17) is 4.74 Å². The Balaban J connectivity index is 1.70. The summed E-state index contributed by atoms with van der Waals surface area (Å²) in [5, 5.41) is 0. The second-order valence-corrected chi connectivity index (χ2v) is 9.98. The fourth-order valence-electron chi connectivity index (χ4n) is 4.87. The highest BCUT2D eigenvalue weighted by Gasteiger charge is 2.65. The molecule has 3 aliphatic rings. The Kier molecular flexibility index (Phi) is 4.64. The molecular weight excluding hydrogens is 344 g/mol. The van der Waals surface area contributed by atoms with E-state index in [1.165, 1.54) is 9.21 Å². The maximum atomic E-state index is 13.0. The van der Waals surface area contributed by atoms with Crippen LogP contribution in [-0.2, 0) is 19.6 Å². The van der Waals surface area contributed by atoms with Crippen LogP contribution in [0.3, 0.4) is 0 Å². The molecule has 2 atom stereocenters. The van der Waals surface area contributed by atoms with Crippen LogP contribution in [0.5, 0.6) is 0 Å². The number of hydrogen-bond acceptors (Lipinski definition) is 5. The second kappa shape index (κ2) is 6.23. The van der Waals surface area contributed by atoms with E-state index < -0.39 is 21.5 Å². The van der Waals surface area contributed by atoms with Crippen molar-refractivity contribution >= 4 is 21.9 Å². The largest absolute Gasteiger partial charge is 0.450 e. The Morgan fingerprint density at radius 3 is 2.36 bits per heavy atom. The summed E-state index contributed by atoms with van der Waals surface area (Å²) in [6.45, 7) is 7.31. The van der Waals surface area contributed by atoms with E-state index in [9.17, 15) is 18.0 Å². The monoisotopic (exact) mass is 372 g/mol. The number of carbonyl (C=O) groups excluding carboxylic acids is 2. The third-order valence-corrected chi connectivity index (χ3v) is 8.74. The van der Waals surface area contributed by atoms with Crippen molar-refractivity contribution < 1.29 is 22.7 Å². The van der Waals surface area contributed by atoms with Gasteiger partial charge >= 0.3 is 6.09 Å². The Bertz CT molecular complexity index is 667. The Morgan fingerprint density at radius 1 is 1.24 bits per heavy atom. The number of ketones is 1. The summed E-state index contributed by atoms with van der Waals surface area (Å²) in [6, 6.07) is 0. The molecule has 25 heavy (non-hydrogen) atoms. The Labute approximate surface area is 149 Å². The average Bonchev–Trinajstić information content (AvgIpc) is 2.89. The molecule has 2 aliphatic carbocycles. The van der Waals surface area contributed by atoms with Crippen LogP contribution in [0, 0.1) is 16.7 Å². The lowest BCUT2D eigenvalue weighted by molar-refractivity contribution is -0.128. The van der Waals surface area contributed by atoms with E-state index >= 15 is 0 Å². The van der Waals surface area contributed by atoms with Crippen LogP contribution in [0.4, 0.5) is 4.79 Å². The summed E-state index contributed by atoms with van der Waals surface area (Å²) < 4.78 is 32.4. The average molecular weight is 372 g/mol. The predicted molar refractivity (Wildman–Crippen MR) is 92.5 cm³/mol. The Hall–Kier alpha value is -1.15. The van der Waals surface area contributed by atoms with Gasteiger partial charge in [0.2, 0.25) is 10.0 Å². The molecule has 0 unspecified atom stereocenters. The highest BCUT2D eigenvalue weighted by atomic mass is 32.2. The minimum atomic E-state index is -3.54. The van der Waals surface area contributed by atoms with Crippen molar-refractivity contribution in [2.75, 3.05) is 38.5 Å². The first-order valence-corrected chi connectivity index (χ1v) is 10.7. The number of rotatable bonds is 4. The molecule has 0 aromatic rings. The number of amides is 1. The van der Waals surface area contributed by atoms with Gasteiger partial charge in [-0.25, -0.2) is 13.2 Å². The van der Waals surface area contributed by atoms with E-state index in [2.05, 4.69) is 0 Å². The topological polar surface area (TPSA) is 84.0 Å². The van der Waals surface area contributed by atoms with Crippen molar-refractivity contribution in [3.05, 3.63) is 0 Å². The quantitative estimate of drug-likeness (QED) is 0.746. The van der Waals surface area contributed by atoms with Crippen LogP contribution >= 0.6 is 0 Å². The zero-order valence-corrected chi connectivity index (χ0v) is 16.1. The molecule has 0 spiro atoms. The van der Waals surface area contributed by atoms with Gasteiger partial charge in [-0.15, -0.1) is 0 Å². The summed E-state index contributed by atoms with van der Waals surface area (Å²) in [7, 11) is -3.54. The maximum absolute atomic E-state index is 13.0. The molecule has 2 saturated carbocycles. The molecule has 1 amide bonds. The molecule has 142 valence electrons. The van der Waals surface area contributed by atoms with E-state index in [-0.39, 0.29) is 30.0 Å². The zero-order valence-electron chi connectivity index (χ0n) is 15.3. The molecule has 0 radical (unpaired) electrons. The number of sulfonamides is 1. The summed E-state index contributed by atoms with van der Waals surface area (Å²) >= 11 is 0. The van der Waals surface area contributed by atoms with E-state index in [0.717, 1.165) is 6.42 Å². The predicted octanol–water partition coefficient (Wildman–Crippen LogP) is 1.49. The molecule has 3 rings (SSSR count). The third kappa shape index (κ3) is 2.87. The summed E-state index contributed by atoms with van der Waals surface area (Å²) in [5.41, 5.74) is -1.00. The lowest BCUT2D eigenvalue weighted by atomic mass is 9.70. The van der Waals surface area contributed by atoms with Crippen LogP contribution in [0.1, 0.15) is 40.0 Å². The summed E-state index contributed by atoms with van der Waals surface area (Å²) in [5.74, 6) is 0.320. The van der Waals surface area contributed by atoms with Crippen molar-refractivity contribution in [1.82, 2.24) is 9.21 Å². The number of carbonyl (C=O) groups is 2. The minimum Gasteiger partial charge on any atom is -0.450 e. The van der Waals surface area contributed by atoms with Crippen molar-refractivity contribution in [2.24, 2.45) is 16.7 Å². The zero-order chi connectivity index (χ0) is 18.5. The van der Waals surface area contributed by atoms with E-state index in [0.29, 0.717) is 38.5 Å². The highest BCUT2D eigenvalue weighted by molar-refractivity contribution is 7.89. The second-order valence-electron chi connectivity index (χ2n) is 8.01. The SMILES string of the molecule is CCOC(=O)N1CCN(S(=O)(=O)C[C@]23CC[C@H](CC2=O)C3(C)C)CC1.